The number of aryl methyl sites for hydroxylation is 1. The monoisotopic (exact) mass is 311 g/mol. The van der Waals surface area contributed by atoms with Crippen LogP contribution >= 0.6 is 15.9 Å². The van der Waals surface area contributed by atoms with Crippen molar-refractivity contribution in [2.45, 2.75) is 20.0 Å². The summed E-state index contributed by atoms with van der Waals surface area (Å²) in [5, 5.41) is 14.0. The van der Waals surface area contributed by atoms with Crippen molar-refractivity contribution in [1.29, 1.82) is 0 Å². The number of nitrogens with zero attached hydrogens (tertiary/aromatic N) is 5. The highest BCUT2D eigenvalue weighted by Gasteiger charge is 2.06. The van der Waals surface area contributed by atoms with E-state index in [4.69, 9.17) is 0 Å². The maximum absolute atomic E-state index is 4.31. The van der Waals surface area contributed by atoms with E-state index in [2.05, 4.69) is 46.7 Å². The minimum atomic E-state index is 0.562. The van der Waals surface area contributed by atoms with Crippen LogP contribution in [0, 0.1) is 0 Å². The molecule has 0 unspecified atom stereocenters. The van der Waals surface area contributed by atoms with Gasteiger partial charge in [0.05, 0.1) is 11.0 Å². The van der Waals surface area contributed by atoms with Crippen LogP contribution in [0.4, 0.5) is 11.8 Å². The van der Waals surface area contributed by atoms with Crippen LogP contribution in [0.15, 0.2) is 17.0 Å². The largest absolute Gasteiger partial charge is 0.362 e. The Morgan fingerprint density at radius 3 is 3.00 bits per heavy atom. The van der Waals surface area contributed by atoms with E-state index in [1.54, 1.807) is 19.6 Å². The Hall–Kier alpha value is -1.70. The molecule has 2 aromatic heterocycles. The van der Waals surface area contributed by atoms with Gasteiger partial charge in [-0.25, -0.2) is 4.98 Å². The van der Waals surface area contributed by atoms with Crippen molar-refractivity contribution in [3.63, 3.8) is 0 Å². The second-order valence-corrected chi connectivity index (χ2v) is 4.38. The molecule has 7 nitrogen and oxygen atoms in total. The molecular weight excluding hydrogens is 298 g/mol. The Labute approximate surface area is 113 Å². The van der Waals surface area contributed by atoms with E-state index in [0.29, 0.717) is 12.5 Å². The highest BCUT2D eigenvalue weighted by atomic mass is 79.9. The van der Waals surface area contributed by atoms with Gasteiger partial charge in [0.2, 0.25) is 5.95 Å². The van der Waals surface area contributed by atoms with Crippen molar-refractivity contribution in [3.05, 3.63) is 22.8 Å². The highest BCUT2D eigenvalue weighted by Crippen LogP contribution is 2.20. The van der Waals surface area contributed by atoms with Gasteiger partial charge >= 0.3 is 0 Å². The Morgan fingerprint density at radius 1 is 1.44 bits per heavy atom. The van der Waals surface area contributed by atoms with Gasteiger partial charge in [-0.3, -0.25) is 0 Å². The maximum Gasteiger partial charge on any atom is 0.224 e. The smallest absolute Gasteiger partial charge is 0.224 e. The lowest BCUT2D eigenvalue weighted by Crippen LogP contribution is -2.10. The normalized spacial score (nSPS) is 10.4. The van der Waals surface area contributed by atoms with Gasteiger partial charge in [-0.1, -0.05) is 0 Å². The predicted octanol–water partition coefficient (Wildman–Crippen LogP) is 1.50. The first-order valence-corrected chi connectivity index (χ1v) is 6.34. The molecule has 0 spiro atoms. The summed E-state index contributed by atoms with van der Waals surface area (Å²) in [4.78, 5) is 8.40. The zero-order chi connectivity index (χ0) is 13.0. The lowest BCUT2D eigenvalue weighted by atomic mass is 10.5. The molecule has 0 atom stereocenters. The molecule has 2 rings (SSSR count). The van der Waals surface area contributed by atoms with Crippen molar-refractivity contribution in [2.24, 2.45) is 0 Å². The first-order valence-electron chi connectivity index (χ1n) is 5.55. The second kappa shape index (κ2) is 5.76. The third kappa shape index (κ3) is 2.76. The van der Waals surface area contributed by atoms with Crippen LogP contribution < -0.4 is 10.6 Å². The quantitative estimate of drug-likeness (QED) is 0.871. The molecule has 18 heavy (non-hydrogen) atoms. The number of aromatic nitrogens is 5. The van der Waals surface area contributed by atoms with Crippen LogP contribution in [0.3, 0.4) is 0 Å². The molecule has 0 aliphatic rings. The van der Waals surface area contributed by atoms with Gasteiger partial charge in [0, 0.05) is 19.8 Å². The molecule has 96 valence electrons. The van der Waals surface area contributed by atoms with E-state index >= 15 is 0 Å². The zero-order valence-corrected chi connectivity index (χ0v) is 11.8. The van der Waals surface area contributed by atoms with Crippen molar-refractivity contribution in [2.75, 3.05) is 17.7 Å². The SMILES string of the molecule is CCn1cnnc1CNc1nc(NC)ncc1Br. The number of halogens is 1. The standard InChI is InChI=1S/C10H14BrN7/c1-3-18-6-15-17-8(18)5-13-9-7(11)4-14-10(12-2)16-9/h4,6H,3,5H2,1-2H3,(H2,12,13,14,16). The average molecular weight is 312 g/mol. The van der Waals surface area contributed by atoms with E-state index in [1.165, 1.54) is 0 Å². The third-order valence-electron chi connectivity index (χ3n) is 2.42. The minimum absolute atomic E-state index is 0.562. The van der Waals surface area contributed by atoms with E-state index in [-0.39, 0.29) is 0 Å². The highest BCUT2D eigenvalue weighted by molar-refractivity contribution is 9.10. The molecule has 8 heteroatoms. The Kier molecular flexibility index (Phi) is 4.08. The number of hydrogen-bond acceptors (Lipinski definition) is 6. The molecule has 0 saturated heterocycles. The van der Waals surface area contributed by atoms with E-state index in [9.17, 15) is 0 Å². The van der Waals surface area contributed by atoms with Crippen molar-refractivity contribution in [3.8, 4) is 0 Å². The van der Waals surface area contributed by atoms with Crippen LogP contribution in [-0.4, -0.2) is 31.8 Å². The van der Waals surface area contributed by atoms with Gasteiger partial charge in [0.25, 0.3) is 0 Å². The summed E-state index contributed by atoms with van der Waals surface area (Å²) >= 11 is 3.40. The summed E-state index contributed by atoms with van der Waals surface area (Å²) < 4.78 is 2.78. The van der Waals surface area contributed by atoms with Crippen molar-refractivity contribution < 1.29 is 0 Å². The fourth-order valence-electron chi connectivity index (χ4n) is 1.45. The van der Waals surface area contributed by atoms with Crippen LogP contribution in [-0.2, 0) is 13.1 Å². The van der Waals surface area contributed by atoms with Gasteiger partial charge in [-0.2, -0.15) is 4.98 Å². The molecule has 0 aliphatic heterocycles. The number of anilines is 2. The molecule has 2 aromatic rings. The number of nitrogens with one attached hydrogen (secondary N) is 2. The Bertz CT molecular complexity index is 525. The predicted molar refractivity (Wildman–Crippen MR) is 72.3 cm³/mol. The van der Waals surface area contributed by atoms with Crippen molar-refractivity contribution in [1.82, 2.24) is 24.7 Å². The fourth-order valence-corrected chi connectivity index (χ4v) is 1.79. The van der Waals surface area contributed by atoms with Gasteiger partial charge in [-0.15, -0.1) is 10.2 Å². The molecule has 2 heterocycles. The Balaban J connectivity index is 2.10. The summed E-state index contributed by atoms with van der Waals surface area (Å²) in [6.45, 7) is 3.45. The van der Waals surface area contributed by atoms with Crippen LogP contribution in [0.25, 0.3) is 0 Å². The molecule has 0 radical (unpaired) electrons. The number of hydrogen-bond donors (Lipinski definition) is 2. The molecule has 0 bridgehead atoms. The summed E-state index contributed by atoms with van der Waals surface area (Å²) in [5.41, 5.74) is 0. The Morgan fingerprint density at radius 2 is 2.28 bits per heavy atom. The molecule has 0 aliphatic carbocycles. The molecule has 0 aromatic carbocycles. The molecular formula is C10H14BrN7. The first-order chi connectivity index (χ1) is 8.74. The zero-order valence-electron chi connectivity index (χ0n) is 10.2. The summed E-state index contributed by atoms with van der Waals surface area (Å²) in [7, 11) is 1.78. The van der Waals surface area contributed by atoms with E-state index in [1.807, 2.05) is 11.5 Å². The lowest BCUT2D eigenvalue weighted by Gasteiger charge is -2.08. The topological polar surface area (TPSA) is 80.5 Å². The second-order valence-electron chi connectivity index (χ2n) is 3.53. The summed E-state index contributed by atoms with van der Waals surface area (Å²) in [6, 6.07) is 0. The average Bonchev–Trinajstić information content (AvgIpc) is 2.85. The van der Waals surface area contributed by atoms with Crippen molar-refractivity contribution >= 4 is 27.7 Å². The van der Waals surface area contributed by atoms with E-state index in [0.717, 1.165) is 22.7 Å². The van der Waals surface area contributed by atoms with Crippen LogP contribution in [0.1, 0.15) is 12.7 Å². The van der Waals surface area contributed by atoms with Gasteiger partial charge in [0.15, 0.2) is 5.82 Å². The van der Waals surface area contributed by atoms with Crippen LogP contribution in [0.5, 0.6) is 0 Å². The third-order valence-corrected chi connectivity index (χ3v) is 3.00. The fraction of sp³-hybridized carbons (Fsp3) is 0.400. The first kappa shape index (κ1) is 12.7. The lowest BCUT2D eigenvalue weighted by molar-refractivity contribution is 0.707. The van der Waals surface area contributed by atoms with Gasteiger partial charge < -0.3 is 15.2 Å². The molecule has 0 fully saturated rings. The molecule has 0 saturated carbocycles. The van der Waals surface area contributed by atoms with Gasteiger partial charge in [-0.05, 0) is 22.9 Å². The summed E-state index contributed by atoms with van der Waals surface area (Å²) in [5.74, 6) is 2.16. The maximum atomic E-state index is 4.31. The minimum Gasteiger partial charge on any atom is -0.362 e. The van der Waals surface area contributed by atoms with E-state index < -0.39 is 0 Å². The van der Waals surface area contributed by atoms with Crippen LogP contribution in [0.2, 0.25) is 0 Å². The molecule has 0 amide bonds. The van der Waals surface area contributed by atoms with Gasteiger partial charge in [0.1, 0.15) is 12.1 Å². The summed E-state index contributed by atoms with van der Waals surface area (Å²) in [6.07, 6.45) is 3.41. The number of rotatable bonds is 5. The molecule has 2 N–H and O–H groups in total.